The molecule has 0 saturated heterocycles. The van der Waals surface area contributed by atoms with Crippen LogP contribution in [0.15, 0.2) is 12.1 Å². The van der Waals surface area contributed by atoms with Gasteiger partial charge in [-0.25, -0.2) is 0 Å². The lowest BCUT2D eigenvalue weighted by atomic mass is 10.2. The molecule has 0 unspecified atom stereocenters. The average Bonchev–Trinajstić information content (AvgIpc) is 2.38. The maximum Gasteiger partial charge on any atom is 0.142 e. The number of unbranched alkanes of at least 4 members (excludes halogenated alkanes) is 2. The summed E-state index contributed by atoms with van der Waals surface area (Å²) in [5.41, 5.74) is 1.94. The molecule has 3 nitrogen and oxygen atoms in total. The topological polar surface area (TPSA) is 34.2 Å². The van der Waals surface area contributed by atoms with E-state index in [1.807, 2.05) is 19.1 Å². The smallest absolute Gasteiger partial charge is 0.142 e. The summed E-state index contributed by atoms with van der Waals surface area (Å²) in [6, 6.07) is 3.91. The minimum atomic E-state index is -0.238. The number of nitrogens with one attached hydrogen (secondary N) is 1. The van der Waals surface area contributed by atoms with E-state index in [9.17, 15) is 4.39 Å². The van der Waals surface area contributed by atoms with Crippen LogP contribution in [-0.4, -0.2) is 24.8 Å². The third-order valence-electron chi connectivity index (χ3n) is 2.65. The molecule has 1 N–H and O–H groups in total. The van der Waals surface area contributed by atoms with Crippen LogP contribution in [0.2, 0.25) is 0 Å². The molecule has 0 aliphatic carbocycles. The summed E-state index contributed by atoms with van der Waals surface area (Å²) in [6.07, 6.45) is 2.39. The summed E-state index contributed by atoms with van der Waals surface area (Å²) >= 11 is 0. The minimum Gasteiger partial charge on any atom is -0.492 e. The number of hydrogen-bond donors (Lipinski definition) is 1. The Morgan fingerprint density at radius 1 is 1.28 bits per heavy atom. The van der Waals surface area contributed by atoms with Crippen molar-refractivity contribution in [1.29, 1.82) is 0 Å². The molecule has 0 atom stereocenters. The highest BCUT2D eigenvalue weighted by molar-refractivity contribution is 5.29. The van der Waals surface area contributed by atoms with Crippen LogP contribution < -0.4 is 10.1 Å². The Kier molecular flexibility index (Phi) is 7.34. The van der Waals surface area contributed by atoms with Crippen LogP contribution in [0.25, 0.3) is 0 Å². The van der Waals surface area contributed by atoms with Crippen molar-refractivity contribution in [2.75, 3.05) is 19.8 Å². The quantitative estimate of drug-likeness (QED) is 0.688. The van der Waals surface area contributed by atoms with E-state index in [0.717, 1.165) is 43.1 Å². The van der Waals surface area contributed by atoms with Crippen LogP contribution in [0.5, 0.6) is 5.75 Å². The molecule has 0 amide bonds. The largest absolute Gasteiger partial charge is 0.492 e. The second kappa shape index (κ2) is 8.86. The van der Waals surface area contributed by atoms with Crippen LogP contribution in [0.1, 0.15) is 37.6 Å². The Bertz CT molecular complexity index is 345. The molecule has 0 aliphatic rings. The number of alkyl halides is 1. The predicted octanol–water partition coefficient (Wildman–Crippen LogP) is 3.02. The van der Waals surface area contributed by atoms with Gasteiger partial charge in [-0.1, -0.05) is 6.92 Å². The lowest BCUT2D eigenvalue weighted by molar-refractivity contribution is 0.296. The second-order valence-electron chi connectivity index (χ2n) is 4.28. The maximum absolute atomic E-state index is 11.9. The lowest BCUT2D eigenvalue weighted by Gasteiger charge is -2.11. The maximum atomic E-state index is 11.9. The van der Waals surface area contributed by atoms with Crippen molar-refractivity contribution in [2.45, 2.75) is 39.7 Å². The number of rotatable bonds is 9. The monoisotopic (exact) mass is 254 g/mol. The zero-order valence-corrected chi connectivity index (χ0v) is 11.3. The van der Waals surface area contributed by atoms with Crippen molar-refractivity contribution >= 4 is 0 Å². The molecule has 0 aliphatic heterocycles. The van der Waals surface area contributed by atoms with Gasteiger partial charge in [-0.15, -0.1) is 0 Å². The summed E-state index contributed by atoms with van der Waals surface area (Å²) in [6.45, 7) is 6.05. The van der Waals surface area contributed by atoms with Gasteiger partial charge in [-0.3, -0.25) is 9.37 Å². The first-order chi connectivity index (χ1) is 8.77. The summed E-state index contributed by atoms with van der Waals surface area (Å²) in [7, 11) is 0. The van der Waals surface area contributed by atoms with Gasteiger partial charge in [-0.05, 0) is 44.9 Å². The molecule has 1 heterocycles. The predicted molar refractivity (Wildman–Crippen MR) is 71.7 cm³/mol. The number of aromatic nitrogens is 1. The van der Waals surface area contributed by atoms with Gasteiger partial charge in [0.25, 0.3) is 0 Å². The van der Waals surface area contributed by atoms with Gasteiger partial charge in [0.2, 0.25) is 0 Å². The van der Waals surface area contributed by atoms with Gasteiger partial charge in [0.05, 0.1) is 19.0 Å². The normalized spacial score (nSPS) is 10.6. The Labute approximate surface area is 109 Å². The first-order valence-corrected chi connectivity index (χ1v) is 6.64. The molecule has 1 rings (SSSR count). The van der Waals surface area contributed by atoms with E-state index in [0.29, 0.717) is 13.0 Å². The van der Waals surface area contributed by atoms with Crippen LogP contribution in [0.3, 0.4) is 0 Å². The third-order valence-corrected chi connectivity index (χ3v) is 2.65. The SMILES string of the molecule is CCNCc1nc(C)ccc1OCCCCCF. The Morgan fingerprint density at radius 3 is 2.83 bits per heavy atom. The summed E-state index contributed by atoms with van der Waals surface area (Å²) in [4.78, 5) is 4.48. The zero-order valence-electron chi connectivity index (χ0n) is 11.3. The van der Waals surface area contributed by atoms with Crippen LogP contribution >= 0.6 is 0 Å². The fourth-order valence-electron chi connectivity index (χ4n) is 1.65. The molecule has 0 fully saturated rings. The summed E-state index contributed by atoms with van der Waals surface area (Å²) < 4.78 is 17.6. The van der Waals surface area contributed by atoms with Crippen LogP contribution in [0.4, 0.5) is 4.39 Å². The minimum absolute atomic E-state index is 0.238. The number of pyridine rings is 1. The first-order valence-electron chi connectivity index (χ1n) is 6.64. The molecule has 1 aromatic rings. The highest BCUT2D eigenvalue weighted by Crippen LogP contribution is 2.17. The zero-order chi connectivity index (χ0) is 13.2. The first kappa shape index (κ1) is 14.9. The van der Waals surface area contributed by atoms with Crippen molar-refractivity contribution in [2.24, 2.45) is 0 Å². The Balaban J connectivity index is 2.47. The fourth-order valence-corrected chi connectivity index (χ4v) is 1.65. The van der Waals surface area contributed by atoms with Gasteiger partial charge >= 0.3 is 0 Å². The Morgan fingerprint density at radius 2 is 2.11 bits per heavy atom. The van der Waals surface area contributed by atoms with E-state index >= 15 is 0 Å². The second-order valence-corrected chi connectivity index (χ2v) is 4.28. The fraction of sp³-hybridized carbons (Fsp3) is 0.643. The van der Waals surface area contributed by atoms with Crippen molar-refractivity contribution in [1.82, 2.24) is 10.3 Å². The third kappa shape index (κ3) is 5.45. The molecule has 0 saturated carbocycles. The van der Waals surface area contributed by atoms with Crippen molar-refractivity contribution in [3.05, 3.63) is 23.5 Å². The van der Waals surface area contributed by atoms with Crippen molar-refractivity contribution in [3.8, 4) is 5.75 Å². The molecule has 0 spiro atoms. The molecular formula is C14H23FN2O. The van der Waals surface area contributed by atoms with Crippen molar-refractivity contribution in [3.63, 3.8) is 0 Å². The lowest BCUT2D eigenvalue weighted by Crippen LogP contribution is -2.14. The van der Waals surface area contributed by atoms with Gasteiger partial charge in [-0.2, -0.15) is 0 Å². The van der Waals surface area contributed by atoms with Crippen LogP contribution in [-0.2, 0) is 6.54 Å². The van der Waals surface area contributed by atoms with E-state index in [2.05, 4.69) is 17.2 Å². The number of hydrogen-bond acceptors (Lipinski definition) is 3. The molecule has 4 heteroatoms. The molecule has 0 radical (unpaired) electrons. The van der Waals surface area contributed by atoms with E-state index < -0.39 is 0 Å². The average molecular weight is 254 g/mol. The van der Waals surface area contributed by atoms with E-state index in [4.69, 9.17) is 4.74 Å². The summed E-state index contributed by atoms with van der Waals surface area (Å²) in [5, 5.41) is 3.25. The summed E-state index contributed by atoms with van der Waals surface area (Å²) in [5.74, 6) is 0.835. The Hall–Kier alpha value is -1.16. The van der Waals surface area contributed by atoms with Gasteiger partial charge in [0, 0.05) is 12.2 Å². The van der Waals surface area contributed by atoms with Gasteiger partial charge < -0.3 is 10.1 Å². The molecule has 0 aromatic carbocycles. The van der Waals surface area contributed by atoms with Crippen LogP contribution in [0, 0.1) is 6.92 Å². The molecule has 18 heavy (non-hydrogen) atoms. The molecular weight excluding hydrogens is 231 g/mol. The van der Waals surface area contributed by atoms with E-state index in [1.165, 1.54) is 0 Å². The number of halogens is 1. The van der Waals surface area contributed by atoms with Crippen molar-refractivity contribution < 1.29 is 9.13 Å². The van der Waals surface area contributed by atoms with Gasteiger partial charge in [0.15, 0.2) is 0 Å². The highest BCUT2D eigenvalue weighted by atomic mass is 19.1. The van der Waals surface area contributed by atoms with E-state index in [1.54, 1.807) is 0 Å². The number of nitrogens with zero attached hydrogens (tertiary/aromatic N) is 1. The standard InChI is InChI=1S/C14H23FN2O/c1-3-16-11-13-14(8-7-12(2)17-13)18-10-6-4-5-9-15/h7-8,16H,3-6,9-11H2,1-2H3. The molecule has 0 bridgehead atoms. The molecule has 102 valence electrons. The number of aryl methyl sites for hydroxylation is 1. The molecule has 1 aromatic heterocycles. The van der Waals surface area contributed by atoms with Gasteiger partial charge in [0.1, 0.15) is 5.75 Å². The highest BCUT2D eigenvalue weighted by Gasteiger charge is 2.05. The van der Waals surface area contributed by atoms with E-state index in [-0.39, 0.29) is 6.67 Å². The number of ether oxygens (including phenoxy) is 1.